The Labute approximate surface area is 246 Å². The molecule has 0 aliphatic carbocycles. The summed E-state index contributed by atoms with van der Waals surface area (Å²) in [5.74, 6) is -2.41. The monoisotopic (exact) mass is 607 g/mol. The van der Waals surface area contributed by atoms with E-state index in [9.17, 15) is 23.8 Å². The quantitative estimate of drug-likeness (QED) is 0.0399. The molecule has 0 saturated heterocycles. The van der Waals surface area contributed by atoms with E-state index in [2.05, 4.69) is 30.5 Å². The minimum Gasteiger partial charge on any atom is -0.480 e. The zero-order chi connectivity index (χ0) is 30.8. The number of hydrogen-bond donors (Lipinski definition) is 3. The van der Waals surface area contributed by atoms with Crippen LogP contribution in [0.1, 0.15) is 123 Å². The first-order valence-electron chi connectivity index (χ1n) is 15.2. The molecule has 0 aromatic heterocycles. The van der Waals surface area contributed by atoms with Crippen LogP contribution in [0.4, 0.5) is 0 Å². The molecule has 0 amide bonds. The van der Waals surface area contributed by atoms with Gasteiger partial charge in [-0.25, -0.2) is 4.57 Å². The smallest absolute Gasteiger partial charge is 0.472 e. The van der Waals surface area contributed by atoms with Crippen LogP contribution in [0.5, 0.6) is 0 Å². The number of rotatable bonds is 28. The van der Waals surface area contributed by atoms with Gasteiger partial charge >= 0.3 is 25.7 Å². The number of phosphoric ester groups is 1. The highest BCUT2D eigenvalue weighted by Gasteiger charge is 2.28. The predicted molar refractivity (Wildman–Crippen MR) is 157 cm³/mol. The summed E-state index contributed by atoms with van der Waals surface area (Å²) in [7, 11) is -4.69. The highest BCUT2D eigenvalue weighted by Crippen LogP contribution is 2.43. The summed E-state index contributed by atoms with van der Waals surface area (Å²) in [6.07, 6.45) is 19.2. The second-order valence-corrected chi connectivity index (χ2v) is 11.7. The van der Waals surface area contributed by atoms with Crippen molar-refractivity contribution in [2.75, 3.05) is 19.8 Å². The third kappa shape index (κ3) is 25.6. The standard InChI is InChI=1S/C29H54NO10P/c1-3-5-7-9-10-11-12-13-14-15-17-19-21-28(32)40-25(22-37-27(31)20-18-16-8-6-4-2)23-38-41(35,36)39-24-26(30)29(33)34/h10-11,25-26H,3-9,12-24,30H2,1-2H3,(H,33,34)(H,35,36)/b11-10-. The number of aliphatic carboxylic acids is 1. The van der Waals surface area contributed by atoms with Gasteiger partial charge in [-0.1, -0.05) is 83.8 Å². The minimum absolute atomic E-state index is 0.153. The number of ether oxygens (including phenoxy) is 2. The number of carboxylic acid groups (broad SMARTS) is 1. The Balaban J connectivity index is 4.52. The van der Waals surface area contributed by atoms with Crippen molar-refractivity contribution in [3.8, 4) is 0 Å². The lowest BCUT2D eigenvalue weighted by atomic mass is 10.1. The van der Waals surface area contributed by atoms with E-state index >= 15 is 0 Å². The molecule has 3 atom stereocenters. The van der Waals surface area contributed by atoms with Crippen LogP contribution < -0.4 is 5.73 Å². The summed E-state index contributed by atoms with van der Waals surface area (Å²) < 4.78 is 32.1. The Morgan fingerprint density at radius 2 is 1.22 bits per heavy atom. The van der Waals surface area contributed by atoms with E-state index in [0.29, 0.717) is 12.8 Å². The molecule has 12 heteroatoms. The van der Waals surface area contributed by atoms with Gasteiger partial charge in [0.05, 0.1) is 13.2 Å². The van der Waals surface area contributed by atoms with Crippen molar-refractivity contribution in [2.45, 2.75) is 135 Å². The fourth-order valence-electron chi connectivity index (χ4n) is 3.76. The number of hydrogen-bond acceptors (Lipinski definition) is 9. The summed E-state index contributed by atoms with van der Waals surface area (Å²) in [4.78, 5) is 45.1. The molecular formula is C29H54NO10P. The van der Waals surface area contributed by atoms with Crippen LogP contribution in [0.2, 0.25) is 0 Å². The molecule has 4 N–H and O–H groups in total. The van der Waals surface area contributed by atoms with Crippen LogP contribution in [0.3, 0.4) is 0 Å². The average Bonchev–Trinajstić information content (AvgIpc) is 2.93. The zero-order valence-electron chi connectivity index (χ0n) is 25.1. The van der Waals surface area contributed by atoms with Crippen molar-refractivity contribution in [3.05, 3.63) is 12.2 Å². The van der Waals surface area contributed by atoms with Crippen LogP contribution in [-0.4, -0.2) is 59.9 Å². The van der Waals surface area contributed by atoms with Gasteiger partial charge in [-0.2, -0.15) is 0 Å². The van der Waals surface area contributed by atoms with Crippen molar-refractivity contribution in [2.24, 2.45) is 5.73 Å². The SMILES string of the molecule is CCCCC/C=C\CCCCCCCC(=O)OC(COC(=O)CCCCCCC)COP(=O)(O)OCC(N)C(=O)O. The summed E-state index contributed by atoms with van der Waals surface area (Å²) in [6, 6.07) is -1.52. The fourth-order valence-corrected chi connectivity index (χ4v) is 4.54. The van der Waals surface area contributed by atoms with Crippen LogP contribution in [0, 0.1) is 0 Å². The summed E-state index contributed by atoms with van der Waals surface area (Å²) in [5, 5.41) is 8.78. The second-order valence-electron chi connectivity index (χ2n) is 10.2. The van der Waals surface area contributed by atoms with Gasteiger partial charge in [0, 0.05) is 12.8 Å². The minimum atomic E-state index is -4.69. The Morgan fingerprint density at radius 3 is 1.83 bits per heavy atom. The summed E-state index contributed by atoms with van der Waals surface area (Å²) >= 11 is 0. The van der Waals surface area contributed by atoms with Gasteiger partial charge in [-0.15, -0.1) is 0 Å². The van der Waals surface area contributed by atoms with Crippen molar-refractivity contribution in [1.29, 1.82) is 0 Å². The number of unbranched alkanes of at least 4 members (excludes halogenated alkanes) is 12. The highest BCUT2D eigenvalue weighted by atomic mass is 31.2. The Kier molecular flexibility index (Phi) is 24.8. The molecule has 0 aromatic rings. The first-order chi connectivity index (χ1) is 19.6. The second kappa shape index (κ2) is 25.9. The van der Waals surface area contributed by atoms with Crippen LogP contribution >= 0.6 is 7.82 Å². The summed E-state index contributed by atoms with van der Waals surface area (Å²) in [5.41, 5.74) is 5.27. The maximum absolute atomic E-state index is 12.4. The summed E-state index contributed by atoms with van der Waals surface area (Å²) in [6.45, 7) is 2.61. The van der Waals surface area contributed by atoms with Crippen molar-refractivity contribution in [1.82, 2.24) is 0 Å². The van der Waals surface area contributed by atoms with Crippen molar-refractivity contribution < 1.29 is 47.5 Å². The topological polar surface area (TPSA) is 172 Å². The third-order valence-corrected chi connectivity index (χ3v) is 7.21. The van der Waals surface area contributed by atoms with Gasteiger partial charge in [-0.3, -0.25) is 23.4 Å². The number of allylic oxidation sites excluding steroid dienone is 2. The molecule has 3 unspecified atom stereocenters. The Bertz CT molecular complexity index is 777. The number of carbonyl (C=O) groups excluding carboxylic acids is 2. The number of nitrogens with two attached hydrogens (primary N) is 1. The molecule has 0 spiro atoms. The average molecular weight is 608 g/mol. The van der Waals surface area contributed by atoms with E-state index in [0.717, 1.165) is 64.2 Å². The van der Waals surface area contributed by atoms with Gasteiger partial charge in [0.15, 0.2) is 6.10 Å². The molecule has 0 saturated carbocycles. The number of phosphoric acid groups is 1. The largest absolute Gasteiger partial charge is 0.480 e. The lowest BCUT2D eigenvalue weighted by Crippen LogP contribution is -2.34. The predicted octanol–water partition coefficient (Wildman–Crippen LogP) is 6.21. The van der Waals surface area contributed by atoms with Crippen LogP contribution in [-0.2, 0) is 37.5 Å². The molecule has 0 aliphatic rings. The normalized spacial score (nSPS) is 14.4. The van der Waals surface area contributed by atoms with E-state index in [1.54, 1.807) is 0 Å². The van der Waals surface area contributed by atoms with Gasteiger partial charge in [0.25, 0.3) is 0 Å². The molecule has 0 rings (SSSR count). The highest BCUT2D eigenvalue weighted by molar-refractivity contribution is 7.47. The molecule has 41 heavy (non-hydrogen) atoms. The molecule has 0 aliphatic heterocycles. The van der Waals surface area contributed by atoms with E-state index in [4.69, 9.17) is 24.8 Å². The van der Waals surface area contributed by atoms with E-state index < -0.39 is 51.1 Å². The molecule has 240 valence electrons. The fraction of sp³-hybridized carbons (Fsp3) is 0.828. The van der Waals surface area contributed by atoms with Crippen LogP contribution in [0.15, 0.2) is 12.2 Å². The zero-order valence-corrected chi connectivity index (χ0v) is 26.0. The van der Waals surface area contributed by atoms with Crippen molar-refractivity contribution in [3.63, 3.8) is 0 Å². The molecule has 11 nitrogen and oxygen atoms in total. The Morgan fingerprint density at radius 1 is 0.732 bits per heavy atom. The van der Waals surface area contributed by atoms with E-state index in [1.165, 1.54) is 19.3 Å². The van der Waals surface area contributed by atoms with Gasteiger partial charge in [-0.05, 0) is 38.5 Å². The number of carbonyl (C=O) groups is 3. The molecule has 0 heterocycles. The first-order valence-corrected chi connectivity index (χ1v) is 16.7. The molecule has 0 bridgehead atoms. The Hall–Kier alpha value is -1.78. The van der Waals surface area contributed by atoms with Gasteiger partial charge < -0.3 is 25.2 Å². The van der Waals surface area contributed by atoms with E-state index in [1.807, 2.05) is 0 Å². The molecule has 0 fully saturated rings. The maximum Gasteiger partial charge on any atom is 0.472 e. The van der Waals surface area contributed by atoms with E-state index in [-0.39, 0.29) is 19.4 Å². The maximum atomic E-state index is 12.4. The van der Waals surface area contributed by atoms with Gasteiger partial charge in [0.2, 0.25) is 0 Å². The molecule has 0 aromatic carbocycles. The number of carboxylic acids is 1. The van der Waals surface area contributed by atoms with Crippen LogP contribution in [0.25, 0.3) is 0 Å². The molecular weight excluding hydrogens is 553 g/mol. The number of esters is 2. The van der Waals surface area contributed by atoms with Gasteiger partial charge in [0.1, 0.15) is 12.6 Å². The lowest BCUT2D eigenvalue weighted by Gasteiger charge is -2.20. The third-order valence-electron chi connectivity index (χ3n) is 6.26. The van der Waals surface area contributed by atoms with Crippen molar-refractivity contribution >= 4 is 25.7 Å². The first kappa shape index (κ1) is 39.2. The lowest BCUT2D eigenvalue weighted by molar-refractivity contribution is -0.161. The molecule has 0 radical (unpaired) electrons.